The molecule has 0 amide bonds. The van der Waals surface area contributed by atoms with Gasteiger partial charge in [-0.2, -0.15) is 0 Å². The fraction of sp³-hybridized carbons (Fsp3) is 0.133. The van der Waals surface area contributed by atoms with E-state index in [2.05, 4.69) is 4.99 Å². The van der Waals surface area contributed by atoms with Gasteiger partial charge in [0.15, 0.2) is 0 Å². The number of aliphatic imine (C=N–C) groups is 1. The highest BCUT2D eigenvalue weighted by Gasteiger charge is 1.98. The summed E-state index contributed by atoms with van der Waals surface area (Å²) < 4.78 is 5.16. The molecule has 0 heterocycles. The van der Waals surface area contributed by atoms with Crippen LogP contribution >= 0.6 is 0 Å². The Morgan fingerprint density at radius 3 is 2.67 bits per heavy atom. The van der Waals surface area contributed by atoms with Crippen molar-refractivity contribution in [2.45, 2.75) is 6.54 Å². The van der Waals surface area contributed by atoms with Gasteiger partial charge in [-0.15, -0.1) is 0 Å². The van der Waals surface area contributed by atoms with Gasteiger partial charge in [0, 0.05) is 17.5 Å². The molecule has 0 aliphatic carbocycles. The molecule has 0 spiro atoms. The summed E-state index contributed by atoms with van der Waals surface area (Å²) in [5.74, 6) is 0.783. The number of nitrogens with zero attached hydrogens (tertiary/aromatic N) is 1. The number of rotatable bonds is 4. The van der Waals surface area contributed by atoms with Gasteiger partial charge in [0.2, 0.25) is 0 Å². The number of ether oxygens (including phenoxy) is 1. The van der Waals surface area contributed by atoms with Crippen LogP contribution in [-0.4, -0.2) is 13.3 Å². The normalized spacial score (nSPS) is 10.7. The molecular weight excluding hydrogens is 224 g/mol. The predicted octanol–water partition coefficient (Wildman–Crippen LogP) is 2.90. The zero-order valence-electron chi connectivity index (χ0n) is 10.3. The van der Waals surface area contributed by atoms with Crippen LogP contribution in [0.4, 0.5) is 5.69 Å². The van der Waals surface area contributed by atoms with Gasteiger partial charge < -0.3 is 10.5 Å². The molecule has 0 saturated carbocycles. The quantitative estimate of drug-likeness (QED) is 0.659. The molecule has 0 fully saturated rings. The molecule has 2 rings (SSSR count). The molecule has 2 N–H and O–H groups in total. The molecule has 0 aromatic heterocycles. The highest BCUT2D eigenvalue weighted by atomic mass is 16.5. The fourth-order valence-electron chi connectivity index (χ4n) is 1.62. The lowest BCUT2D eigenvalue weighted by atomic mass is 10.2. The summed E-state index contributed by atoms with van der Waals surface area (Å²) >= 11 is 0. The lowest BCUT2D eigenvalue weighted by molar-refractivity contribution is 0.415. The lowest BCUT2D eigenvalue weighted by Crippen LogP contribution is -1.94. The monoisotopic (exact) mass is 240 g/mol. The summed E-state index contributed by atoms with van der Waals surface area (Å²) in [5.41, 5.74) is 8.63. The van der Waals surface area contributed by atoms with Crippen molar-refractivity contribution in [3.8, 4) is 5.75 Å². The van der Waals surface area contributed by atoms with E-state index in [4.69, 9.17) is 10.5 Å². The molecule has 2 aromatic carbocycles. The summed E-state index contributed by atoms with van der Waals surface area (Å²) in [7, 11) is 1.64. The molecule has 3 nitrogen and oxygen atoms in total. The summed E-state index contributed by atoms with van der Waals surface area (Å²) in [6.07, 6.45) is 1.78. The van der Waals surface area contributed by atoms with E-state index in [1.54, 1.807) is 13.3 Å². The standard InChI is InChI=1S/C15H16N2O/c1-18-14-7-8-15(16)13(9-14)11-17-10-12-5-3-2-4-6-12/h2-9,11H,10,16H2,1H3. The number of methoxy groups -OCH3 is 1. The van der Waals surface area contributed by atoms with Crippen molar-refractivity contribution in [3.63, 3.8) is 0 Å². The van der Waals surface area contributed by atoms with Gasteiger partial charge >= 0.3 is 0 Å². The Kier molecular flexibility index (Phi) is 3.97. The van der Waals surface area contributed by atoms with Crippen LogP contribution in [0, 0.1) is 0 Å². The summed E-state index contributed by atoms with van der Waals surface area (Å²) in [5, 5.41) is 0. The fourth-order valence-corrected chi connectivity index (χ4v) is 1.62. The Bertz CT molecular complexity index is 535. The van der Waals surface area contributed by atoms with E-state index in [0.29, 0.717) is 12.2 Å². The van der Waals surface area contributed by atoms with E-state index in [0.717, 1.165) is 11.3 Å². The van der Waals surface area contributed by atoms with Crippen LogP contribution in [0.1, 0.15) is 11.1 Å². The minimum absolute atomic E-state index is 0.650. The maximum Gasteiger partial charge on any atom is 0.119 e. The molecule has 92 valence electrons. The number of benzene rings is 2. The molecule has 3 heteroatoms. The number of hydrogen-bond donors (Lipinski definition) is 1. The van der Waals surface area contributed by atoms with Crippen molar-refractivity contribution in [3.05, 3.63) is 59.7 Å². The van der Waals surface area contributed by atoms with Crippen molar-refractivity contribution < 1.29 is 4.74 Å². The smallest absolute Gasteiger partial charge is 0.119 e. The molecule has 0 radical (unpaired) electrons. The molecule has 0 bridgehead atoms. The molecule has 0 saturated heterocycles. The number of nitrogens with two attached hydrogens (primary N) is 1. The summed E-state index contributed by atoms with van der Waals surface area (Å²) in [6.45, 7) is 0.650. The van der Waals surface area contributed by atoms with Gasteiger partial charge in [-0.25, -0.2) is 0 Å². The van der Waals surface area contributed by atoms with Crippen LogP contribution in [0.15, 0.2) is 53.5 Å². The van der Waals surface area contributed by atoms with Crippen molar-refractivity contribution in [1.29, 1.82) is 0 Å². The zero-order chi connectivity index (χ0) is 12.8. The SMILES string of the molecule is COc1ccc(N)c(C=NCc2ccccc2)c1. The van der Waals surface area contributed by atoms with E-state index < -0.39 is 0 Å². The lowest BCUT2D eigenvalue weighted by Gasteiger charge is -2.03. The average Bonchev–Trinajstić information content (AvgIpc) is 2.42. The van der Waals surface area contributed by atoms with Crippen LogP contribution < -0.4 is 10.5 Å². The second kappa shape index (κ2) is 5.87. The molecule has 0 atom stereocenters. The zero-order valence-corrected chi connectivity index (χ0v) is 10.3. The largest absolute Gasteiger partial charge is 0.497 e. The van der Waals surface area contributed by atoms with Crippen LogP contribution in [-0.2, 0) is 6.54 Å². The van der Waals surface area contributed by atoms with Crippen LogP contribution in [0.3, 0.4) is 0 Å². The molecule has 2 aromatic rings. The molecule has 0 aliphatic rings. The number of hydrogen-bond acceptors (Lipinski definition) is 3. The van der Waals surface area contributed by atoms with Gasteiger partial charge in [-0.1, -0.05) is 30.3 Å². The first kappa shape index (κ1) is 12.2. The Hall–Kier alpha value is -2.29. The third-order valence-corrected chi connectivity index (χ3v) is 2.64. The first-order valence-corrected chi connectivity index (χ1v) is 5.77. The topological polar surface area (TPSA) is 47.6 Å². The number of nitrogen functional groups attached to an aromatic ring is 1. The van der Waals surface area contributed by atoms with Crippen LogP contribution in [0.25, 0.3) is 0 Å². The van der Waals surface area contributed by atoms with Gasteiger partial charge in [0.25, 0.3) is 0 Å². The van der Waals surface area contributed by atoms with E-state index >= 15 is 0 Å². The van der Waals surface area contributed by atoms with Gasteiger partial charge in [0.1, 0.15) is 5.75 Å². The Balaban J connectivity index is 2.09. The Morgan fingerprint density at radius 2 is 1.94 bits per heavy atom. The van der Waals surface area contributed by atoms with Crippen molar-refractivity contribution in [2.24, 2.45) is 4.99 Å². The van der Waals surface area contributed by atoms with Crippen molar-refractivity contribution in [1.82, 2.24) is 0 Å². The molecule has 0 aliphatic heterocycles. The van der Waals surface area contributed by atoms with Crippen molar-refractivity contribution >= 4 is 11.9 Å². The van der Waals surface area contributed by atoms with Gasteiger partial charge in [-0.3, -0.25) is 4.99 Å². The second-order valence-corrected chi connectivity index (χ2v) is 3.95. The van der Waals surface area contributed by atoms with Crippen LogP contribution in [0.2, 0.25) is 0 Å². The predicted molar refractivity (Wildman–Crippen MR) is 75.1 cm³/mol. The highest BCUT2D eigenvalue weighted by molar-refractivity contribution is 5.87. The van der Waals surface area contributed by atoms with E-state index in [1.165, 1.54) is 5.56 Å². The second-order valence-electron chi connectivity index (χ2n) is 3.95. The third kappa shape index (κ3) is 3.10. The minimum atomic E-state index is 0.650. The first-order chi connectivity index (χ1) is 8.79. The molecular formula is C15H16N2O. The minimum Gasteiger partial charge on any atom is -0.497 e. The Labute approximate surface area is 107 Å². The van der Waals surface area contributed by atoms with E-state index in [1.807, 2.05) is 48.5 Å². The van der Waals surface area contributed by atoms with E-state index in [-0.39, 0.29) is 0 Å². The first-order valence-electron chi connectivity index (χ1n) is 5.77. The maximum atomic E-state index is 5.88. The third-order valence-electron chi connectivity index (χ3n) is 2.64. The molecule has 0 unspecified atom stereocenters. The van der Waals surface area contributed by atoms with Gasteiger partial charge in [0.05, 0.1) is 13.7 Å². The Morgan fingerprint density at radius 1 is 1.17 bits per heavy atom. The average molecular weight is 240 g/mol. The summed E-state index contributed by atoms with van der Waals surface area (Å²) in [4.78, 5) is 4.39. The van der Waals surface area contributed by atoms with Gasteiger partial charge in [-0.05, 0) is 23.8 Å². The van der Waals surface area contributed by atoms with Crippen molar-refractivity contribution in [2.75, 3.05) is 12.8 Å². The van der Waals surface area contributed by atoms with Crippen LogP contribution in [0.5, 0.6) is 5.75 Å². The van der Waals surface area contributed by atoms with E-state index in [9.17, 15) is 0 Å². The summed E-state index contributed by atoms with van der Waals surface area (Å²) in [6, 6.07) is 15.6. The number of anilines is 1. The maximum absolute atomic E-state index is 5.88. The highest BCUT2D eigenvalue weighted by Crippen LogP contribution is 2.17. The molecule has 18 heavy (non-hydrogen) atoms.